The molecule has 0 spiro atoms. The number of benzene rings is 2. The number of hydrogen-bond donors (Lipinski definition) is 2. The van der Waals surface area contributed by atoms with Crippen molar-refractivity contribution in [3.63, 3.8) is 0 Å². The molecular formula is C15H13Cl2NO2S. The zero-order valence-electron chi connectivity index (χ0n) is 11.0. The summed E-state index contributed by atoms with van der Waals surface area (Å²) in [4.78, 5) is 12.9. The average Bonchev–Trinajstić information content (AvgIpc) is 2.45. The first-order chi connectivity index (χ1) is 10.0. The number of rotatable bonds is 5. The molecule has 2 N–H and O–H groups in total. The Kier molecular flexibility index (Phi) is 5.79. The van der Waals surface area contributed by atoms with Gasteiger partial charge in [0.1, 0.15) is 5.75 Å². The average molecular weight is 342 g/mol. The van der Waals surface area contributed by atoms with Crippen LogP contribution >= 0.6 is 35.0 Å². The number of anilines is 1. The van der Waals surface area contributed by atoms with E-state index < -0.39 is 0 Å². The van der Waals surface area contributed by atoms with Crippen LogP contribution in [0.4, 0.5) is 5.69 Å². The van der Waals surface area contributed by atoms with Crippen molar-refractivity contribution in [2.45, 2.75) is 11.3 Å². The maximum atomic E-state index is 11.9. The Morgan fingerprint density at radius 1 is 1.14 bits per heavy atom. The van der Waals surface area contributed by atoms with Crippen molar-refractivity contribution < 1.29 is 9.90 Å². The van der Waals surface area contributed by atoms with Crippen molar-refractivity contribution in [3.8, 4) is 5.75 Å². The van der Waals surface area contributed by atoms with Gasteiger partial charge < -0.3 is 10.4 Å². The van der Waals surface area contributed by atoms with Crippen LogP contribution in [0.5, 0.6) is 5.75 Å². The summed E-state index contributed by atoms with van der Waals surface area (Å²) in [7, 11) is 0. The van der Waals surface area contributed by atoms with Crippen LogP contribution in [0.25, 0.3) is 0 Å². The van der Waals surface area contributed by atoms with Gasteiger partial charge in [-0.1, -0.05) is 23.2 Å². The molecule has 0 heterocycles. The molecule has 6 heteroatoms. The Bertz CT molecular complexity index is 632. The number of carbonyl (C=O) groups excluding carboxylic acids is 1. The molecule has 0 fully saturated rings. The van der Waals surface area contributed by atoms with Crippen LogP contribution in [0.15, 0.2) is 47.4 Å². The van der Waals surface area contributed by atoms with Crippen LogP contribution in [0, 0.1) is 0 Å². The molecule has 0 radical (unpaired) electrons. The van der Waals surface area contributed by atoms with E-state index in [-0.39, 0.29) is 11.7 Å². The van der Waals surface area contributed by atoms with Crippen LogP contribution in [0.3, 0.4) is 0 Å². The summed E-state index contributed by atoms with van der Waals surface area (Å²) in [6.07, 6.45) is 0.356. The largest absolute Gasteiger partial charge is 0.508 e. The highest BCUT2D eigenvalue weighted by Crippen LogP contribution is 2.26. The summed E-state index contributed by atoms with van der Waals surface area (Å²) in [6, 6.07) is 11.8. The minimum atomic E-state index is -0.120. The lowest BCUT2D eigenvalue weighted by Crippen LogP contribution is -2.12. The molecule has 110 valence electrons. The smallest absolute Gasteiger partial charge is 0.225 e. The van der Waals surface area contributed by atoms with Gasteiger partial charge >= 0.3 is 0 Å². The first kappa shape index (κ1) is 16.0. The van der Waals surface area contributed by atoms with Crippen molar-refractivity contribution in [3.05, 3.63) is 52.5 Å². The Morgan fingerprint density at radius 3 is 2.57 bits per heavy atom. The normalized spacial score (nSPS) is 10.4. The predicted molar refractivity (Wildman–Crippen MR) is 88.5 cm³/mol. The summed E-state index contributed by atoms with van der Waals surface area (Å²) >= 11 is 13.4. The van der Waals surface area contributed by atoms with Gasteiger partial charge in [-0.2, -0.15) is 0 Å². The Balaban J connectivity index is 1.82. The molecule has 3 nitrogen and oxygen atoms in total. The van der Waals surface area contributed by atoms with Crippen molar-refractivity contribution >= 4 is 46.6 Å². The summed E-state index contributed by atoms with van der Waals surface area (Å²) in [5, 5.41) is 12.9. The molecule has 0 unspecified atom stereocenters. The molecule has 0 bridgehead atoms. The van der Waals surface area contributed by atoms with E-state index >= 15 is 0 Å². The minimum Gasteiger partial charge on any atom is -0.508 e. The Hall–Kier alpha value is -1.36. The quantitative estimate of drug-likeness (QED) is 0.766. The van der Waals surface area contributed by atoms with E-state index in [1.54, 1.807) is 42.1 Å². The van der Waals surface area contributed by atoms with Crippen LogP contribution in [0.1, 0.15) is 6.42 Å². The molecule has 0 saturated carbocycles. The summed E-state index contributed by atoms with van der Waals surface area (Å²) in [5.74, 6) is 0.743. The van der Waals surface area contributed by atoms with Gasteiger partial charge in [0.2, 0.25) is 5.91 Å². The summed E-state index contributed by atoms with van der Waals surface area (Å²) < 4.78 is 0. The lowest BCUT2D eigenvalue weighted by Gasteiger charge is -2.07. The van der Waals surface area contributed by atoms with E-state index in [9.17, 15) is 9.90 Å². The summed E-state index contributed by atoms with van der Waals surface area (Å²) in [5.41, 5.74) is 0.517. The second kappa shape index (κ2) is 7.59. The van der Waals surface area contributed by atoms with Crippen LogP contribution < -0.4 is 5.32 Å². The van der Waals surface area contributed by atoms with Crippen LogP contribution in [-0.4, -0.2) is 16.8 Å². The van der Waals surface area contributed by atoms with Gasteiger partial charge in [-0.3, -0.25) is 4.79 Å². The van der Waals surface area contributed by atoms with Crippen molar-refractivity contribution in [2.75, 3.05) is 11.1 Å². The third kappa shape index (κ3) is 5.16. The molecule has 0 aromatic heterocycles. The fourth-order valence-corrected chi connectivity index (χ4v) is 2.80. The zero-order chi connectivity index (χ0) is 15.2. The molecule has 0 saturated heterocycles. The highest BCUT2D eigenvalue weighted by molar-refractivity contribution is 7.99. The number of aromatic hydroxyl groups is 1. The monoisotopic (exact) mass is 341 g/mol. The van der Waals surface area contributed by atoms with E-state index in [4.69, 9.17) is 23.2 Å². The van der Waals surface area contributed by atoms with Gasteiger partial charge in [-0.25, -0.2) is 0 Å². The molecule has 0 aliphatic heterocycles. The number of phenolic OH excluding ortho intramolecular Hbond substituents is 1. The SMILES string of the molecule is O=C(CCSc1ccc(O)cc1)Nc1cc(Cl)ccc1Cl. The molecule has 2 aromatic carbocycles. The zero-order valence-corrected chi connectivity index (χ0v) is 13.3. The second-order valence-electron chi connectivity index (χ2n) is 4.26. The lowest BCUT2D eigenvalue weighted by atomic mass is 10.3. The topological polar surface area (TPSA) is 49.3 Å². The van der Waals surface area contributed by atoms with Gasteiger partial charge in [0.05, 0.1) is 10.7 Å². The standard InChI is InChI=1S/C15H13Cl2NO2S/c16-10-1-6-13(17)14(9-10)18-15(20)7-8-21-12-4-2-11(19)3-5-12/h1-6,9,19H,7-8H2,(H,18,20). The number of nitrogens with one attached hydrogen (secondary N) is 1. The number of halogens is 2. The van der Waals surface area contributed by atoms with E-state index in [1.807, 2.05) is 12.1 Å². The molecule has 2 aromatic rings. The molecular weight excluding hydrogens is 329 g/mol. The van der Waals surface area contributed by atoms with Gasteiger partial charge in [0.25, 0.3) is 0 Å². The second-order valence-corrected chi connectivity index (χ2v) is 6.28. The first-order valence-electron chi connectivity index (χ1n) is 6.21. The van der Waals surface area contributed by atoms with Gasteiger partial charge in [-0.05, 0) is 42.5 Å². The Morgan fingerprint density at radius 2 is 1.86 bits per heavy atom. The molecule has 2 rings (SSSR count). The Labute approximate surface area is 137 Å². The van der Waals surface area contributed by atoms with Crippen molar-refractivity contribution in [1.29, 1.82) is 0 Å². The number of thioether (sulfide) groups is 1. The fourth-order valence-electron chi connectivity index (χ4n) is 1.61. The molecule has 1 amide bonds. The fraction of sp³-hybridized carbons (Fsp3) is 0.133. The van der Waals surface area contributed by atoms with Gasteiger partial charge in [-0.15, -0.1) is 11.8 Å². The van der Waals surface area contributed by atoms with Crippen molar-refractivity contribution in [2.24, 2.45) is 0 Å². The maximum Gasteiger partial charge on any atom is 0.225 e. The number of amides is 1. The van der Waals surface area contributed by atoms with E-state index in [1.165, 1.54) is 0 Å². The first-order valence-corrected chi connectivity index (χ1v) is 7.95. The molecule has 0 aliphatic carbocycles. The van der Waals surface area contributed by atoms with Crippen LogP contribution in [-0.2, 0) is 4.79 Å². The molecule has 21 heavy (non-hydrogen) atoms. The third-order valence-corrected chi connectivity index (χ3v) is 4.22. The van der Waals surface area contributed by atoms with E-state index in [0.29, 0.717) is 27.9 Å². The highest BCUT2D eigenvalue weighted by Gasteiger charge is 2.07. The summed E-state index contributed by atoms with van der Waals surface area (Å²) in [6.45, 7) is 0. The van der Waals surface area contributed by atoms with Gasteiger partial charge in [0, 0.05) is 22.1 Å². The number of hydrogen-bond acceptors (Lipinski definition) is 3. The van der Waals surface area contributed by atoms with E-state index in [2.05, 4.69) is 5.32 Å². The minimum absolute atomic E-state index is 0.120. The number of carbonyl (C=O) groups is 1. The highest BCUT2D eigenvalue weighted by atomic mass is 35.5. The van der Waals surface area contributed by atoms with E-state index in [0.717, 1.165) is 4.90 Å². The third-order valence-electron chi connectivity index (χ3n) is 2.64. The molecule has 0 aliphatic rings. The predicted octanol–water partition coefficient (Wildman–Crippen LogP) is 4.82. The molecule has 0 atom stereocenters. The number of phenols is 1. The maximum absolute atomic E-state index is 11.9. The van der Waals surface area contributed by atoms with Crippen LogP contribution in [0.2, 0.25) is 10.0 Å². The van der Waals surface area contributed by atoms with Crippen molar-refractivity contribution in [1.82, 2.24) is 0 Å². The lowest BCUT2D eigenvalue weighted by molar-refractivity contribution is -0.115. The van der Waals surface area contributed by atoms with Gasteiger partial charge in [0.15, 0.2) is 0 Å².